The third kappa shape index (κ3) is 2.94. The summed E-state index contributed by atoms with van der Waals surface area (Å²) in [4.78, 5) is 10.3. The van der Waals surface area contributed by atoms with Gasteiger partial charge >= 0.3 is 12.1 Å². The molecule has 1 N–H and O–H groups in total. The first kappa shape index (κ1) is 13.0. The van der Waals surface area contributed by atoms with E-state index in [0.29, 0.717) is 12.1 Å². The summed E-state index contributed by atoms with van der Waals surface area (Å²) in [6.07, 6.45) is -5.43. The molecule has 16 heavy (non-hydrogen) atoms. The fraction of sp³-hybridized carbons (Fsp3) is 0.222. The predicted molar refractivity (Wildman–Crippen MR) is 50.4 cm³/mol. The summed E-state index contributed by atoms with van der Waals surface area (Å²) >= 11 is 2.61. The van der Waals surface area contributed by atoms with Gasteiger partial charge in [-0.15, -0.1) is 0 Å². The Balaban J connectivity index is 3.27. The molecule has 0 aliphatic rings. The van der Waals surface area contributed by atoms with E-state index in [0.717, 1.165) is 0 Å². The molecule has 2 nitrogen and oxygen atoms in total. The number of halogens is 5. The second kappa shape index (κ2) is 4.40. The molecule has 0 aliphatic carbocycles. The zero-order valence-corrected chi connectivity index (χ0v) is 9.19. The highest BCUT2D eigenvalue weighted by molar-refractivity contribution is 9.10. The lowest BCUT2D eigenvalue weighted by Crippen LogP contribution is -2.09. The Kier molecular flexibility index (Phi) is 3.57. The van der Waals surface area contributed by atoms with Crippen molar-refractivity contribution in [2.45, 2.75) is 12.6 Å². The number of benzene rings is 1. The van der Waals surface area contributed by atoms with Gasteiger partial charge in [0.15, 0.2) is 0 Å². The van der Waals surface area contributed by atoms with E-state index in [2.05, 4.69) is 15.9 Å². The minimum atomic E-state index is -4.64. The maximum absolute atomic E-state index is 13.3. The molecule has 0 spiro atoms. The fourth-order valence-electron chi connectivity index (χ4n) is 1.10. The van der Waals surface area contributed by atoms with Crippen LogP contribution in [-0.2, 0) is 17.4 Å². The molecule has 0 radical (unpaired) electrons. The van der Waals surface area contributed by atoms with E-state index in [-0.39, 0.29) is 0 Å². The molecular formula is C9H5BrF4O2. The summed E-state index contributed by atoms with van der Waals surface area (Å²) in [5.74, 6) is -2.39. The summed E-state index contributed by atoms with van der Waals surface area (Å²) in [6.45, 7) is 0. The normalized spacial score (nSPS) is 11.6. The molecule has 88 valence electrons. The van der Waals surface area contributed by atoms with Crippen molar-refractivity contribution >= 4 is 21.9 Å². The van der Waals surface area contributed by atoms with Crippen LogP contribution in [0.5, 0.6) is 0 Å². The van der Waals surface area contributed by atoms with Crippen LogP contribution in [0.25, 0.3) is 0 Å². The standard InChI is InChI=1S/C9H5BrF4O2/c10-6-3-5(9(12,13)14)1-4(8(6)11)2-7(15)16/h1,3H,2H2,(H,15,16). The third-order valence-corrected chi connectivity index (χ3v) is 2.35. The van der Waals surface area contributed by atoms with Crippen LogP contribution in [0.1, 0.15) is 11.1 Å². The number of carboxylic acid groups (broad SMARTS) is 1. The first-order chi connectivity index (χ1) is 7.21. The molecule has 0 aromatic heterocycles. The number of carboxylic acids is 1. The second-order valence-corrected chi connectivity index (χ2v) is 3.85. The van der Waals surface area contributed by atoms with E-state index in [1.165, 1.54) is 0 Å². The smallest absolute Gasteiger partial charge is 0.416 e. The van der Waals surface area contributed by atoms with Crippen molar-refractivity contribution in [3.8, 4) is 0 Å². The molecule has 0 amide bonds. The van der Waals surface area contributed by atoms with Crippen LogP contribution in [-0.4, -0.2) is 11.1 Å². The van der Waals surface area contributed by atoms with Gasteiger partial charge in [0.25, 0.3) is 0 Å². The van der Waals surface area contributed by atoms with Gasteiger partial charge in [-0.3, -0.25) is 4.79 Å². The highest BCUT2D eigenvalue weighted by atomic mass is 79.9. The zero-order valence-electron chi connectivity index (χ0n) is 7.61. The monoisotopic (exact) mass is 300 g/mol. The number of hydrogen-bond acceptors (Lipinski definition) is 1. The molecule has 7 heteroatoms. The average molecular weight is 301 g/mol. The van der Waals surface area contributed by atoms with E-state index in [1.54, 1.807) is 0 Å². The summed E-state index contributed by atoms with van der Waals surface area (Å²) in [6, 6.07) is 1.06. The molecule has 0 saturated heterocycles. The summed E-state index contributed by atoms with van der Waals surface area (Å²) in [5.41, 5.74) is -1.59. The second-order valence-electron chi connectivity index (χ2n) is 3.00. The van der Waals surface area contributed by atoms with Gasteiger partial charge in [0.1, 0.15) is 5.82 Å². The topological polar surface area (TPSA) is 37.3 Å². The Morgan fingerprint density at radius 2 is 1.94 bits per heavy atom. The van der Waals surface area contributed by atoms with Crippen LogP contribution in [0.3, 0.4) is 0 Å². The van der Waals surface area contributed by atoms with Gasteiger partial charge in [0.05, 0.1) is 16.5 Å². The maximum Gasteiger partial charge on any atom is 0.416 e. The van der Waals surface area contributed by atoms with E-state index in [4.69, 9.17) is 5.11 Å². The van der Waals surface area contributed by atoms with Crippen LogP contribution in [0.15, 0.2) is 16.6 Å². The van der Waals surface area contributed by atoms with Gasteiger partial charge in [-0.1, -0.05) is 0 Å². The van der Waals surface area contributed by atoms with Crippen molar-refractivity contribution in [2.75, 3.05) is 0 Å². The quantitative estimate of drug-likeness (QED) is 0.852. The van der Waals surface area contributed by atoms with Gasteiger partial charge < -0.3 is 5.11 Å². The lowest BCUT2D eigenvalue weighted by atomic mass is 10.1. The largest absolute Gasteiger partial charge is 0.481 e. The molecule has 0 bridgehead atoms. The predicted octanol–water partition coefficient (Wildman–Crippen LogP) is 3.23. The highest BCUT2D eigenvalue weighted by Crippen LogP contribution is 2.33. The first-order valence-corrected chi connectivity index (χ1v) is 4.78. The number of alkyl halides is 3. The van der Waals surface area contributed by atoms with Crippen molar-refractivity contribution in [1.82, 2.24) is 0 Å². The van der Waals surface area contributed by atoms with Crippen molar-refractivity contribution in [1.29, 1.82) is 0 Å². The molecule has 1 aromatic carbocycles. The molecule has 0 unspecified atom stereocenters. The minimum Gasteiger partial charge on any atom is -0.481 e. The highest BCUT2D eigenvalue weighted by Gasteiger charge is 2.32. The van der Waals surface area contributed by atoms with Crippen LogP contribution in [0.4, 0.5) is 17.6 Å². The van der Waals surface area contributed by atoms with Crippen LogP contribution in [0.2, 0.25) is 0 Å². The van der Waals surface area contributed by atoms with Crippen molar-refractivity contribution in [3.63, 3.8) is 0 Å². The number of carbonyl (C=O) groups is 1. The van der Waals surface area contributed by atoms with Gasteiger partial charge in [-0.25, -0.2) is 4.39 Å². The molecule has 1 rings (SSSR count). The lowest BCUT2D eigenvalue weighted by molar-refractivity contribution is -0.139. The van der Waals surface area contributed by atoms with Crippen LogP contribution in [0, 0.1) is 5.82 Å². The van der Waals surface area contributed by atoms with Gasteiger partial charge in [0, 0.05) is 5.56 Å². The van der Waals surface area contributed by atoms with Gasteiger partial charge in [-0.05, 0) is 28.1 Å². The van der Waals surface area contributed by atoms with E-state index in [9.17, 15) is 22.4 Å². The number of aliphatic carboxylic acids is 1. The van der Waals surface area contributed by atoms with Crippen molar-refractivity contribution in [2.24, 2.45) is 0 Å². The Labute approximate surface area is 96.0 Å². The number of hydrogen-bond donors (Lipinski definition) is 1. The average Bonchev–Trinajstić information content (AvgIpc) is 2.10. The van der Waals surface area contributed by atoms with E-state index < -0.39 is 40.0 Å². The van der Waals surface area contributed by atoms with Crippen LogP contribution < -0.4 is 0 Å². The lowest BCUT2D eigenvalue weighted by Gasteiger charge is -2.10. The first-order valence-electron chi connectivity index (χ1n) is 3.98. The molecule has 0 fully saturated rings. The maximum atomic E-state index is 13.3. The summed E-state index contributed by atoms with van der Waals surface area (Å²) in [7, 11) is 0. The SMILES string of the molecule is O=C(O)Cc1cc(C(F)(F)F)cc(Br)c1F. The molecule has 0 atom stereocenters. The van der Waals surface area contributed by atoms with E-state index in [1.807, 2.05) is 0 Å². The Bertz CT molecular complexity index is 428. The van der Waals surface area contributed by atoms with Crippen LogP contribution >= 0.6 is 15.9 Å². The molecule has 0 saturated carbocycles. The fourth-order valence-corrected chi connectivity index (χ4v) is 1.60. The Morgan fingerprint density at radius 1 is 1.38 bits per heavy atom. The summed E-state index contributed by atoms with van der Waals surface area (Å²) < 4.78 is 49.8. The Morgan fingerprint density at radius 3 is 2.38 bits per heavy atom. The zero-order chi connectivity index (χ0) is 12.5. The minimum absolute atomic E-state index is 0.404. The molecule has 0 aliphatic heterocycles. The number of rotatable bonds is 2. The van der Waals surface area contributed by atoms with E-state index >= 15 is 0 Å². The van der Waals surface area contributed by atoms with Gasteiger partial charge in [0.2, 0.25) is 0 Å². The van der Waals surface area contributed by atoms with Gasteiger partial charge in [-0.2, -0.15) is 13.2 Å². The summed E-state index contributed by atoms with van der Waals surface area (Å²) in [5, 5.41) is 8.41. The molecule has 1 aromatic rings. The molecule has 0 heterocycles. The third-order valence-electron chi connectivity index (χ3n) is 1.77. The Hall–Kier alpha value is -1.11. The molecular weight excluding hydrogens is 296 g/mol. The van der Waals surface area contributed by atoms with Crippen molar-refractivity contribution < 1.29 is 27.5 Å². The van der Waals surface area contributed by atoms with Crippen molar-refractivity contribution in [3.05, 3.63) is 33.5 Å².